The summed E-state index contributed by atoms with van der Waals surface area (Å²) < 4.78 is 6.41. The molecule has 8 heteroatoms. The second kappa shape index (κ2) is 10.7. The number of hydrogen-bond donors (Lipinski definition) is 1. The van der Waals surface area contributed by atoms with Crippen LogP contribution in [-0.4, -0.2) is 36.4 Å². The smallest absolute Gasteiger partial charge is 0.261 e. The zero-order valence-electron chi connectivity index (χ0n) is 15.5. The molecule has 0 spiro atoms. The quantitative estimate of drug-likeness (QED) is 0.587. The van der Waals surface area contributed by atoms with Gasteiger partial charge in [-0.15, -0.1) is 0 Å². The fraction of sp³-hybridized carbons (Fsp3) is 0.300. The van der Waals surface area contributed by atoms with Crippen molar-refractivity contribution in [1.29, 1.82) is 0 Å². The molecule has 0 unspecified atom stereocenters. The van der Waals surface area contributed by atoms with Crippen molar-refractivity contribution < 1.29 is 14.3 Å². The fourth-order valence-electron chi connectivity index (χ4n) is 2.71. The van der Waals surface area contributed by atoms with E-state index in [9.17, 15) is 9.59 Å². The lowest BCUT2D eigenvalue weighted by atomic mass is 10.1. The molecule has 2 aromatic carbocycles. The summed E-state index contributed by atoms with van der Waals surface area (Å²) >= 11 is 15.7. The highest BCUT2D eigenvalue weighted by Gasteiger charge is 2.28. The predicted octanol–water partition coefficient (Wildman–Crippen LogP) is 4.69. The van der Waals surface area contributed by atoms with Crippen LogP contribution in [0.25, 0.3) is 0 Å². The molecule has 5 nitrogen and oxygen atoms in total. The molecule has 0 saturated carbocycles. The summed E-state index contributed by atoms with van der Waals surface area (Å²) in [7, 11) is 1.54. The first-order valence-electron chi connectivity index (χ1n) is 8.69. The molecule has 0 aromatic heterocycles. The molecule has 0 aliphatic heterocycles. The van der Waals surface area contributed by atoms with E-state index >= 15 is 0 Å². The van der Waals surface area contributed by atoms with Gasteiger partial charge in [-0.25, -0.2) is 0 Å². The SMILES string of the molecule is CC[C@@H](C(=O)NC)N(Cc1ccccc1Cl)C(=O)COc1ccc(Br)cc1Cl. The molecule has 2 amide bonds. The maximum atomic E-state index is 13.0. The van der Waals surface area contributed by atoms with Crippen LogP contribution in [0.1, 0.15) is 18.9 Å². The van der Waals surface area contributed by atoms with Crippen LogP contribution in [0.2, 0.25) is 10.0 Å². The molecular formula is C20H21BrCl2N2O3. The van der Waals surface area contributed by atoms with Crippen LogP contribution in [-0.2, 0) is 16.1 Å². The van der Waals surface area contributed by atoms with Crippen LogP contribution < -0.4 is 10.1 Å². The number of carbonyl (C=O) groups is 2. The highest BCUT2D eigenvalue weighted by atomic mass is 79.9. The Kier molecular flexibility index (Phi) is 8.60. The Hall–Kier alpha value is -1.76. The first-order valence-corrected chi connectivity index (χ1v) is 10.2. The number of halogens is 3. The molecule has 0 heterocycles. The third-order valence-electron chi connectivity index (χ3n) is 4.18. The first kappa shape index (κ1) is 22.5. The Morgan fingerprint density at radius 2 is 1.89 bits per heavy atom. The summed E-state index contributed by atoms with van der Waals surface area (Å²) in [6.45, 7) is 1.79. The first-order chi connectivity index (χ1) is 13.4. The molecule has 1 atom stereocenters. The van der Waals surface area contributed by atoms with E-state index in [0.717, 1.165) is 10.0 Å². The number of hydrogen-bond acceptors (Lipinski definition) is 3. The van der Waals surface area contributed by atoms with E-state index in [0.29, 0.717) is 22.2 Å². The number of nitrogens with zero attached hydrogens (tertiary/aromatic N) is 1. The van der Waals surface area contributed by atoms with Gasteiger partial charge in [-0.1, -0.05) is 64.3 Å². The molecule has 0 aliphatic rings. The molecule has 28 heavy (non-hydrogen) atoms. The van der Waals surface area contributed by atoms with Gasteiger partial charge < -0.3 is 15.0 Å². The number of carbonyl (C=O) groups excluding carboxylic acids is 2. The Labute approximate surface area is 183 Å². The average Bonchev–Trinajstić information content (AvgIpc) is 2.68. The second-order valence-electron chi connectivity index (χ2n) is 6.01. The van der Waals surface area contributed by atoms with Gasteiger partial charge in [0, 0.05) is 23.1 Å². The van der Waals surface area contributed by atoms with Crippen molar-refractivity contribution in [3.05, 3.63) is 62.5 Å². The Morgan fingerprint density at radius 1 is 1.18 bits per heavy atom. The summed E-state index contributed by atoms with van der Waals surface area (Å²) in [6.07, 6.45) is 0.453. The second-order valence-corrected chi connectivity index (χ2v) is 7.74. The van der Waals surface area contributed by atoms with Gasteiger partial charge in [0.1, 0.15) is 11.8 Å². The van der Waals surface area contributed by atoms with Crippen molar-refractivity contribution in [3.63, 3.8) is 0 Å². The molecule has 0 aliphatic carbocycles. The molecule has 0 saturated heterocycles. The standard InChI is InChI=1S/C20H21BrCl2N2O3/c1-3-17(20(27)24-2)25(11-13-6-4-5-7-15(13)22)19(26)12-28-18-9-8-14(21)10-16(18)23/h4-10,17H,3,11-12H2,1-2H3,(H,24,27)/t17-/m0/s1. The van der Waals surface area contributed by atoms with E-state index < -0.39 is 6.04 Å². The third kappa shape index (κ3) is 5.87. The number of benzene rings is 2. The van der Waals surface area contributed by atoms with Gasteiger partial charge in [-0.3, -0.25) is 9.59 Å². The molecule has 1 N–H and O–H groups in total. The fourth-order valence-corrected chi connectivity index (χ4v) is 3.63. The van der Waals surface area contributed by atoms with Crippen LogP contribution in [0.15, 0.2) is 46.9 Å². The van der Waals surface area contributed by atoms with Crippen molar-refractivity contribution in [2.75, 3.05) is 13.7 Å². The Morgan fingerprint density at radius 3 is 2.50 bits per heavy atom. The summed E-state index contributed by atoms with van der Waals surface area (Å²) in [5.41, 5.74) is 0.751. The molecule has 2 aromatic rings. The number of amides is 2. The van der Waals surface area contributed by atoms with E-state index in [1.807, 2.05) is 25.1 Å². The van der Waals surface area contributed by atoms with Gasteiger partial charge in [0.2, 0.25) is 5.91 Å². The van der Waals surface area contributed by atoms with E-state index in [2.05, 4.69) is 21.2 Å². The van der Waals surface area contributed by atoms with E-state index in [4.69, 9.17) is 27.9 Å². The minimum atomic E-state index is -0.641. The minimum absolute atomic E-state index is 0.196. The van der Waals surface area contributed by atoms with Crippen LogP contribution in [0.4, 0.5) is 0 Å². The highest BCUT2D eigenvalue weighted by molar-refractivity contribution is 9.10. The van der Waals surface area contributed by atoms with Crippen molar-refractivity contribution in [2.45, 2.75) is 25.9 Å². The van der Waals surface area contributed by atoms with Gasteiger partial charge in [-0.2, -0.15) is 0 Å². The highest BCUT2D eigenvalue weighted by Crippen LogP contribution is 2.28. The number of rotatable bonds is 8. The molecular weight excluding hydrogens is 467 g/mol. The summed E-state index contributed by atoms with van der Waals surface area (Å²) in [5.74, 6) is -0.192. The summed E-state index contributed by atoms with van der Waals surface area (Å²) in [4.78, 5) is 26.8. The minimum Gasteiger partial charge on any atom is -0.482 e. The number of nitrogens with one attached hydrogen (secondary N) is 1. The molecule has 0 bridgehead atoms. The summed E-state index contributed by atoms with van der Waals surface area (Å²) in [6, 6.07) is 11.7. The number of ether oxygens (including phenoxy) is 1. The lowest BCUT2D eigenvalue weighted by molar-refractivity contribution is -0.142. The normalized spacial score (nSPS) is 11.6. The zero-order valence-corrected chi connectivity index (χ0v) is 18.6. The zero-order chi connectivity index (χ0) is 20.7. The van der Waals surface area contributed by atoms with Crippen molar-refractivity contribution in [3.8, 4) is 5.75 Å². The van der Waals surface area contributed by atoms with Gasteiger partial charge in [-0.05, 0) is 36.2 Å². The molecule has 0 fully saturated rings. The van der Waals surface area contributed by atoms with Crippen LogP contribution in [0.5, 0.6) is 5.75 Å². The predicted molar refractivity (Wildman–Crippen MR) is 115 cm³/mol. The number of likely N-dealkylation sites (N-methyl/N-ethyl adjacent to an activating group) is 1. The van der Waals surface area contributed by atoms with E-state index in [-0.39, 0.29) is 25.0 Å². The lowest BCUT2D eigenvalue weighted by Crippen LogP contribution is -2.49. The molecule has 0 radical (unpaired) electrons. The summed E-state index contributed by atoms with van der Waals surface area (Å²) in [5, 5.41) is 3.53. The van der Waals surface area contributed by atoms with Gasteiger partial charge in [0.15, 0.2) is 6.61 Å². The van der Waals surface area contributed by atoms with Crippen LogP contribution in [0.3, 0.4) is 0 Å². The van der Waals surface area contributed by atoms with Gasteiger partial charge in [0.25, 0.3) is 5.91 Å². The third-order valence-corrected chi connectivity index (χ3v) is 5.33. The maximum Gasteiger partial charge on any atom is 0.261 e. The van der Waals surface area contributed by atoms with Crippen molar-refractivity contribution in [1.82, 2.24) is 10.2 Å². The molecule has 2 rings (SSSR count). The van der Waals surface area contributed by atoms with Gasteiger partial charge >= 0.3 is 0 Å². The van der Waals surface area contributed by atoms with Crippen LogP contribution >= 0.6 is 39.1 Å². The largest absolute Gasteiger partial charge is 0.482 e. The Bertz CT molecular complexity index is 848. The average molecular weight is 488 g/mol. The van der Waals surface area contributed by atoms with Crippen molar-refractivity contribution >= 4 is 50.9 Å². The van der Waals surface area contributed by atoms with E-state index in [1.165, 1.54) is 4.90 Å². The van der Waals surface area contributed by atoms with Crippen molar-refractivity contribution in [2.24, 2.45) is 0 Å². The topological polar surface area (TPSA) is 58.6 Å². The Balaban J connectivity index is 2.22. The van der Waals surface area contributed by atoms with Gasteiger partial charge in [0.05, 0.1) is 5.02 Å². The lowest BCUT2D eigenvalue weighted by Gasteiger charge is -2.30. The van der Waals surface area contributed by atoms with Crippen LogP contribution in [0, 0.1) is 0 Å². The maximum absolute atomic E-state index is 13.0. The monoisotopic (exact) mass is 486 g/mol. The molecule has 150 valence electrons. The van der Waals surface area contributed by atoms with E-state index in [1.54, 1.807) is 31.3 Å².